The number of esters is 1. The van der Waals surface area contributed by atoms with E-state index in [1.54, 1.807) is 26.4 Å². The summed E-state index contributed by atoms with van der Waals surface area (Å²) in [7, 11) is 4.72. The van der Waals surface area contributed by atoms with Crippen molar-refractivity contribution in [2.24, 2.45) is 0 Å². The Morgan fingerprint density at radius 3 is 2.34 bits per heavy atom. The molecule has 0 aliphatic carbocycles. The van der Waals surface area contributed by atoms with Crippen molar-refractivity contribution in [2.75, 3.05) is 34.5 Å². The summed E-state index contributed by atoms with van der Waals surface area (Å²) in [4.78, 5) is 14.0. The Hall–Kier alpha value is -3.51. The first-order chi connectivity index (χ1) is 15.6. The zero-order valence-corrected chi connectivity index (χ0v) is 18.6. The fourth-order valence-electron chi connectivity index (χ4n) is 3.90. The van der Waals surface area contributed by atoms with Gasteiger partial charge in [0.2, 0.25) is 0 Å². The second kappa shape index (κ2) is 9.75. The van der Waals surface area contributed by atoms with Gasteiger partial charge in [-0.25, -0.2) is 4.79 Å². The fourth-order valence-corrected chi connectivity index (χ4v) is 3.90. The lowest BCUT2D eigenvalue weighted by molar-refractivity contribution is 0.0600. The van der Waals surface area contributed by atoms with Crippen molar-refractivity contribution in [3.05, 3.63) is 77.4 Å². The normalized spacial score (nSPS) is 13.5. The third kappa shape index (κ3) is 4.70. The van der Waals surface area contributed by atoms with E-state index in [9.17, 15) is 4.79 Å². The van der Waals surface area contributed by atoms with Crippen LogP contribution in [-0.2, 0) is 17.8 Å². The summed E-state index contributed by atoms with van der Waals surface area (Å²) in [6.45, 7) is 2.84. The highest BCUT2D eigenvalue weighted by molar-refractivity contribution is 5.89. The number of nitrogens with zero attached hydrogens (tertiary/aromatic N) is 1. The fraction of sp³-hybridized carbons (Fsp3) is 0.269. The van der Waals surface area contributed by atoms with Gasteiger partial charge in [-0.2, -0.15) is 0 Å². The van der Waals surface area contributed by atoms with Gasteiger partial charge in [0, 0.05) is 25.2 Å². The van der Waals surface area contributed by atoms with Crippen molar-refractivity contribution < 1.29 is 23.7 Å². The molecule has 0 amide bonds. The van der Waals surface area contributed by atoms with Gasteiger partial charge >= 0.3 is 5.97 Å². The van der Waals surface area contributed by atoms with Crippen LogP contribution in [0.25, 0.3) is 11.1 Å². The average Bonchev–Trinajstić information content (AvgIpc) is 3.05. The minimum absolute atomic E-state index is 0.327. The maximum absolute atomic E-state index is 11.7. The summed E-state index contributed by atoms with van der Waals surface area (Å²) < 4.78 is 21.8. The topological polar surface area (TPSA) is 57.2 Å². The van der Waals surface area contributed by atoms with Crippen LogP contribution in [0.5, 0.6) is 17.2 Å². The number of hydrogen-bond donors (Lipinski definition) is 0. The molecule has 4 rings (SSSR count). The molecule has 0 saturated heterocycles. The molecule has 0 bridgehead atoms. The van der Waals surface area contributed by atoms with Gasteiger partial charge < -0.3 is 18.9 Å². The van der Waals surface area contributed by atoms with Crippen molar-refractivity contribution in [2.45, 2.75) is 13.1 Å². The van der Waals surface area contributed by atoms with Crippen LogP contribution in [0, 0.1) is 0 Å². The minimum Gasteiger partial charge on any atom is -0.497 e. The highest BCUT2D eigenvalue weighted by atomic mass is 16.5. The molecule has 1 heterocycles. The lowest BCUT2D eigenvalue weighted by Crippen LogP contribution is -2.25. The molecule has 0 N–H and O–H groups in total. The summed E-state index contributed by atoms with van der Waals surface area (Å²) in [5, 5.41) is 0. The van der Waals surface area contributed by atoms with E-state index in [2.05, 4.69) is 11.0 Å². The first-order valence-electron chi connectivity index (χ1n) is 10.5. The van der Waals surface area contributed by atoms with Crippen LogP contribution >= 0.6 is 0 Å². The molecular formula is C26H27NO5. The van der Waals surface area contributed by atoms with Gasteiger partial charge in [0.1, 0.15) is 12.4 Å². The minimum atomic E-state index is -0.327. The van der Waals surface area contributed by atoms with E-state index < -0.39 is 0 Å². The molecule has 0 aromatic heterocycles. The highest BCUT2D eigenvalue weighted by Gasteiger charge is 2.21. The number of carbonyl (C=O) groups excluding carboxylic acids is 1. The molecule has 0 unspecified atom stereocenters. The van der Waals surface area contributed by atoms with Gasteiger partial charge in [-0.1, -0.05) is 24.3 Å². The second-order valence-corrected chi connectivity index (χ2v) is 7.64. The smallest absolute Gasteiger partial charge is 0.337 e. The van der Waals surface area contributed by atoms with Crippen LogP contribution < -0.4 is 14.2 Å². The van der Waals surface area contributed by atoms with Crippen LogP contribution in [0.3, 0.4) is 0 Å². The van der Waals surface area contributed by atoms with Gasteiger partial charge in [0.25, 0.3) is 0 Å². The van der Waals surface area contributed by atoms with Crippen LogP contribution in [0.15, 0.2) is 60.7 Å². The zero-order chi connectivity index (χ0) is 22.5. The molecule has 1 aliphatic heterocycles. The second-order valence-electron chi connectivity index (χ2n) is 7.64. The van der Waals surface area contributed by atoms with E-state index in [0.717, 1.165) is 59.1 Å². The number of carbonyl (C=O) groups is 1. The molecule has 6 heteroatoms. The average molecular weight is 434 g/mol. The summed E-state index contributed by atoms with van der Waals surface area (Å²) >= 11 is 0. The molecule has 0 atom stereocenters. The highest BCUT2D eigenvalue weighted by Crippen LogP contribution is 2.38. The Morgan fingerprint density at radius 1 is 0.938 bits per heavy atom. The van der Waals surface area contributed by atoms with Crippen LogP contribution in [0.1, 0.15) is 21.5 Å². The Morgan fingerprint density at radius 2 is 1.69 bits per heavy atom. The van der Waals surface area contributed by atoms with E-state index >= 15 is 0 Å². The van der Waals surface area contributed by atoms with Crippen LogP contribution in [0.2, 0.25) is 0 Å². The van der Waals surface area contributed by atoms with E-state index in [1.165, 1.54) is 7.11 Å². The maximum atomic E-state index is 11.7. The molecule has 1 aliphatic rings. The molecule has 0 fully saturated rings. The quantitative estimate of drug-likeness (QED) is 0.532. The summed E-state index contributed by atoms with van der Waals surface area (Å²) in [6.07, 6.45) is 0. The molecule has 3 aromatic rings. The molecule has 3 aromatic carbocycles. The lowest BCUT2D eigenvalue weighted by atomic mass is 10.0. The third-order valence-electron chi connectivity index (χ3n) is 5.60. The standard InChI is InChI=1S/C26H27NO5/c1-29-23-10-8-19(9-11-23)21-14-22-17-27(12-13-32-25(22)24(15-21)30-2)16-18-4-6-20(7-5-18)26(28)31-3/h4-11,14-15H,12-13,16-17H2,1-3H3. The number of fused-ring (bicyclic) bond motifs is 1. The molecule has 0 spiro atoms. The third-order valence-corrected chi connectivity index (χ3v) is 5.60. The monoisotopic (exact) mass is 433 g/mol. The van der Waals surface area contributed by atoms with Crippen molar-refractivity contribution in [1.29, 1.82) is 0 Å². The number of ether oxygens (including phenoxy) is 4. The van der Waals surface area contributed by atoms with E-state index in [0.29, 0.717) is 12.2 Å². The molecule has 0 saturated carbocycles. The predicted octanol–water partition coefficient (Wildman–Crippen LogP) is 4.55. The summed E-state index contributed by atoms with van der Waals surface area (Å²) in [5.41, 5.74) is 4.91. The van der Waals surface area contributed by atoms with Crippen molar-refractivity contribution >= 4 is 5.97 Å². The number of rotatable bonds is 6. The van der Waals surface area contributed by atoms with E-state index in [4.69, 9.17) is 18.9 Å². The van der Waals surface area contributed by atoms with E-state index in [1.807, 2.05) is 42.5 Å². The van der Waals surface area contributed by atoms with Crippen molar-refractivity contribution in [1.82, 2.24) is 4.90 Å². The number of methoxy groups -OCH3 is 3. The molecule has 32 heavy (non-hydrogen) atoms. The summed E-state index contributed by atoms with van der Waals surface area (Å²) in [5.74, 6) is 2.03. The van der Waals surface area contributed by atoms with Gasteiger partial charge in [0.15, 0.2) is 11.5 Å². The summed E-state index contributed by atoms with van der Waals surface area (Å²) in [6, 6.07) is 19.7. The van der Waals surface area contributed by atoms with Gasteiger partial charge in [0.05, 0.1) is 26.9 Å². The van der Waals surface area contributed by atoms with Gasteiger partial charge in [-0.3, -0.25) is 4.90 Å². The zero-order valence-electron chi connectivity index (χ0n) is 18.6. The SMILES string of the molecule is COC(=O)c1ccc(CN2CCOc3c(cc(-c4ccc(OC)cc4)cc3OC)C2)cc1. The predicted molar refractivity (Wildman–Crippen MR) is 122 cm³/mol. The maximum Gasteiger partial charge on any atom is 0.337 e. The van der Waals surface area contributed by atoms with Crippen molar-refractivity contribution in [3.63, 3.8) is 0 Å². The first kappa shape index (κ1) is 21.7. The Labute approximate surface area is 188 Å². The molecule has 166 valence electrons. The van der Waals surface area contributed by atoms with Gasteiger partial charge in [-0.05, 0) is 53.1 Å². The Balaban J connectivity index is 1.58. The molecule has 6 nitrogen and oxygen atoms in total. The number of benzene rings is 3. The Kier molecular flexibility index (Phi) is 6.61. The van der Waals surface area contributed by atoms with Crippen LogP contribution in [0.4, 0.5) is 0 Å². The van der Waals surface area contributed by atoms with E-state index in [-0.39, 0.29) is 5.97 Å². The lowest BCUT2D eigenvalue weighted by Gasteiger charge is -2.20. The molecule has 0 radical (unpaired) electrons. The van der Waals surface area contributed by atoms with Crippen molar-refractivity contribution in [3.8, 4) is 28.4 Å². The largest absolute Gasteiger partial charge is 0.497 e. The molecular weight excluding hydrogens is 406 g/mol. The van der Waals surface area contributed by atoms with Crippen LogP contribution in [-0.4, -0.2) is 45.4 Å². The first-order valence-corrected chi connectivity index (χ1v) is 10.5. The number of hydrogen-bond acceptors (Lipinski definition) is 6. The van der Waals surface area contributed by atoms with Gasteiger partial charge in [-0.15, -0.1) is 0 Å². The Bertz CT molecular complexity index is 1080.